The van der Waals surface area contributed by atoms with Crippen molar-refractivity contribution in [2.24, 2.45) is 5.84 Å². The highest BCUT2D eigenvalue weighted by Crippen LogP contribution is 2.23. The molecule has 0 saturated carbocycles. The number of rotatable bonds is 3. The van der Waals surface area contributed by atoms with Crippen molar-refractivity contribution in [2.75, 3.05) is 10.7 Å². The van der Waals surface area contributed by atoms with Crippen molar-refractivity contribution in [3.8, 4) is 0 Å². The first-order chi connectivity index (χ1) is 9.11. The fraction of sp³-hybridized carbons (Fsp3) is 0. The lowest BCUT2D eigenvalue weighted by molar-refractivity contribution is 0.102. The van der Waals surface area contributed by atoms with Gasteiger partial charge in [0, 0.05) is 6.20 Å². The van der Waals surface area contributed by atoms with Crippen LogP contribution in [0.4, 0.5) is 11.5 Å². The number of amides is 1. The predicted octanol–water partition coefficient (Wildman–Crippen LogP) is 2.93. The largest absolute Gasteiger partial charge is 0.321 e. The standard InChI is InChI=1S/C12H10Cl2N4O/c13-8-3-1-2-4-10(8)17-12(19)7-5-9(14)11(18-15)16-6-7/h1-6H,15H2,(H,16,18)(H,17,19). The molecule has 0 aliphatic heterocycles. The van der Waals surface area contributed by atoms with Crippen molar-refractivity contribution in [3.05, 3.63) is 52.1 Å². The van der Waals surface area contributed by atoms with Crippen molar-refractivity contribution in [1.82, 2.24) is 4.98 Å². The molecule has 1 amide bonds. The van der Waals surface area contributed by atoms with E-state index in [1.54, 1.807) is 24.3 Å². The van der Waals surface area contributed by atoms with Gasteiger partial charge in [-0.3, -0.25) is 4.79 Å². The summed E-state index contributed by atoms with van der Waals surface area (Å²) in [4.78, 5) is 15.9. The second kappa shape index (κ2) is 5.88. The zero-order chi connectivity index (χ0) is 13.8. The van der Waals surface area contributed by atoms with Gasteiger partial charge in [0.05, 0.1) is 21.3 Å². The van der Waals surface area contributed by atoms with E-state index in [4.69, 9.17) is 29.0 Å². The number of hydrogen-bond acceptors (Lipinski definition) is 4. The fourth-order valence-electron chi connectivity index (χ4n) is 1.43. The highest BCUT2D eigenvalue weighted by Gasteiger charge is 2.11. The minimum Gasteiger partial charge on any atom is -0.321 e. The summed E-state index contributed by atoms with van der Waals surface area (Å²) in [5.41, 5.74) is 3.15. The van der Waals surface area contributed by atoms with Crippen molar-refractivity contribution >= 4 is 40.6 Å². The van der Waals surface area contributed by atoms with Crippen LogP contribution >= 0.6 is 23.2 Å². The number of nitrogen functional groups attached to an aromatic ring is 1. The summed E-state index contributed by atoms with van der Waals surface area (Å²) < 4.78 is 0. The van der Waals surface area contributed by atoms with Crippen LogP contribution in [0, 0.1) is 0 Å². The van der Waals surface area contributed by atoms with Crippen LogP contribution in [-0.4, -0.2) is 10.9 Å². The maximum atomic E-state index is 12.0. The number of nitrogens with one attached hydrogen (secondary N) is 2. The van der Waals surface area contributed by atoms with Gasteiger partial charge in [0.25, 0.3) is 5.91 Å². The molecular formula is C12H10Cl2N4O. The number of nitrogens with zero attached hydrogens (tertiary/aromatic N) is 1. The maximum absolute atomic E-state index is 12.0. The van der Waals surface area contributed by atoms with E-state index in [2.05, 4.69) is 15.7 Å². The monoisotopic (exact) mass is 296 g/mol. The van der Waals surface area contributed by atoms with E-state index in [0.717, 1.165) is 0 Å². The number of nitrogens with two attached hydrogens (primary N) is 1. The first-order valence-corrected chi connectivity index (χ1v) is 6.05. The second-order valence-corrected chi connectivity index (χ2v) is 4.45. The molecule has 0 atom stereocenters. The minimum atomic E-state index is -0.355. The Hall–Kier alpha value is -1.82. The predicted molar refractivity (Wildman–Crippen MR) is 76.5 cm³/mol. The lowest BCUT2D eigenvalue weighted by atomic mass is 10.2. The van der Waals surface area contributed by atoms with Crippen LogP contribution in [0.1, 0.15) is 10.4 Å². The SMILES string of the molecule is NNc1ncc(C(=O)Nc2ccccc2Cl)cc1Cl. The van der Waals surface area contributed by atoms with Gasteiger partial charge in [0.1, 0.15) is 0 Å². The Bertz CT molecular complexity index is 618. The lowest BCUT2D eigenvalue weighted by Crippen LogP contribution is -2.14. The summed E-state index contributed by atoms with van der Waals surface area (Å²) >= 11 is 11.8. The van der Waals surface area contributed by atoms with Crippen LogP contribution in [0.25, 0.3) is 0 Å². The van der Waals surface area contributed by atoms with E-state index in [0.29, 0.717) is 22.1 Å². The second-order valence-electron chi connectivity index (χ2n) is 3.63. The average Bonchev–Trinajstić information content (AvgIpc) is 2.41. The van der Waals surface area contributed by atoms with E-state index >= 15 is 0 Å². The minimum absolute atomic E-state index is 0.259. The number of pyridine rings is 1. The van der Waals surface area contributed by atoms with Gasteiger partial charge in [-0.25, -0.2) is 10.8 Å². The molecule has 4 N–H and O–H groups in total. The summed E-state index contributed by atoms with van der Waals surface area (Å²) in [6.45, 7) is 0. The fourth-order valence-corrected chi connectivity index (χ4v) is 1.83. The van der Waals surface area contributed by atoms with Crippen molar-refractivity contribution in [3.63, 3.8) is 0 Å². The van der Waals surface area contributed by atoms with Crippen LogP contribution in [0.15, 0.2) is 36.5 Å². The summed E-state index contributed by atoms with van der Waals surface area (Å²) in [7, 11) is 0. The first-order valence-electron chi connectivity index (χ1n) is 5.30. The van der Waals surface area contributed by atoms with E-state index in [1.807, 2.05) is 0 Å². The van der Waals surface area contributed by atoms with Gasteiger partial charge in [-0.2, -0.15) is 0 Å². The zero-order valence-corrected chi connectivity index (χ0v) is 11.2. The smallest absolute Gasteiger partial charge is 0.257 e. The normalized spacial score (nSPS) is 10.1. The van der Waals surface area contributed by atoms with Gasteiger partial charge in [0.2, 0.25) is 0 Å². The van der Waals surface area contributed by atoms with E-state index in [1.165, 1.54) is 12.3 Å². The maximum Gasteiger partial charge on any atom is 0.257 e. The third-order valence-electron chi connectivity index (χ3n) is 2.36. The molecule has 0 fully saturated rings. The zero-order valence-electron chi connectivity index (χ0n) is 9.65. The number of anilines is 2. The molecule has 0 saturated heterocycles. The molecule has 0 bridgehead atoms. The van der Waals surface area contributed by atoms with E-state index in [9.17, 15) is 4.79 Å². The molecule has 1 aromatic carbocycles. The van der Waals surface area contributed by atoms with Crippen LogP contribution in [0.2, 0.25) is 10.0 Å². The number of halogens is 2. The quantitative estimate of drug-likeness (QED) is 0.601. The summed E-state index contributed by atoms with van der Waals surface area (Å²) in [5, 5.41) is 3.38. The van der Waals surface area contributed by atoms with E-state index < -0.39 is 0 Å². The molecule has 0 spiro atoms. The van der Waals surface area contributed by atoms with E-state index in [-0.39, 0.29) is 10.9 Å². The van der Waals surface area contributed by atoms with Gasteiger partial charge < -0.3 is 10.7 Å². The number of benzene rings is 1. The molecule has 0 aliphatic rings. The highest BCUT2D eigenvalue weighted by atomic mass is 35.5. The van der Waals surface area contributed by atoms with Crippen LogP contribution < -0.4 is 16.6 Å². The van der Waals surface area contributed by atoms with Gasteiger partial charge >= 0.3 is 0 Å². The molecule has 7 heteroatoms. The number of carbonyl (C=O) groups is 1. The Kier molecular flexibility index (Phi) is 4.21. The Morgan fingerprint density at radius 3 is 2.58 bits per heavy atom. The summed E-state index contributed by atoms with van der Waals surface area (Å²) in [6.07, 6.45) is 1.37. The summed E-state index contributed by atoms with van der Waals surface area (Å²) in [5.74, 6) is 5.15. The molecule has 0 aliphatic carbocycles. The van der Waals surface area contributed by atoms with Gasteiger partial charge in [-0.05, 0) is 18.2 Å². The Morgan fingerprint density at radius 1 is 1.21 bits per heavy atom. The Labute approximate surface area is 119 Å². The van der Waals surface area contributed by atoms with Crippen LogP contribution in [0.5, 0.6) is 0 Å². The van der Waals surface area contributed by atoms with Crippen molar-refractivity contribution in [1.29, 1.82) is 0 Å². The molecule has 1 aromatic heterocycles. The molecule has 98 valence electrons. The summed E-state index contributed by atoms with van der Waals surface area (Å²) in [6, 6.07) is 8.40. The molecule has 0 radical (unpaired) electrons. The molecule has 1 heterocycles. The van der Waals surface area contributed by atoms with Crippen molar-refractivity contribution in [2.45, 2.75) is 0 Å². The van der Waals surface area contributed by atoms with Gasteiger partial charge in [-0.1, -0.05) is 35.3 Å². The molecule has 5 nitrogen and oxygen atoms in total. The molecule has 2 aromatic rings. The first kappa shape index (κ1) is 13.6. The molecule has 2 rings (SSSR count). The number of hydrogen-bond donors (Lipinski definition) is 3. The van der Waals surface area contributed by atoms with Crippen LogP contribution in [0.3, 0.4) is 0 Å². The Morgan fingerprint density at radius 2 is 1.95 bits per heavy atom. The average molecular weight is 297 g/mol. The third kappa shape index (κ3) is 3.14. The third-order valence-corrected chi connectivity index (χ3v) is 2.98. The van der Waals surface area contributed by atoms with Crippen molar-refractivity contribution < 1.29 is 4.79 Å². The number of carbonyl (C=O) groups excluding carboxylic acids is 1. The number of hydrazine groups is 1. The molecule has 19 heavy (non-hydrogen) atoms. The lowest BCUT2D eigenvalue weighted by Gasteiger charge is -2.08. The number of aromatic nitrogens is 1. The molecule has 0 unspecified atom stereocenters. The molecular weight excluding hydrogens is 287 g/mol. The number of para-hydroxylation sites is 1. The van der Waals surface area contributed by atoms with Gasteiger partial charge in [0.15, 0.2) is 5.82 Å². The Balaban J connectivity index is 2.21. The van der Waals surface area contributed by atoms with Gasteiger partial charge in [-0.15, -0.1) is 0 Å². The topological polar surface area (TPSA) is 80.0 Å². The highest BCUT2D eigenvalue weighted by molar-refractivity contribution is 6.34. The van der Waals surface area contributed by atoms with Crippen LogP contribution in [-0.2, 0) is 0 Å².